The van der Waals surface area contributed by atoms with Gasteiger partial charge in [0.1, 0.15) is 6.04 Å². The number of carbonyl (C=O) groups is 2. The average Bonchev–Trinajstić information content (AvgIpc) is 2.19. The standard InChI is InChI=1S/C10H19N3O3/c1-8(14)11-9(10(15)16)7-13-5-3-12(2)4-6-13/h9H,3-7H2,1-2H3,(H,11,14)(H,15,16). The van der Waals surface area contributed by atoms with Gasteiger partial charge >= 0.3 is 5.97 Å². The number of piperazine rings is 1. The lowest BCUT2D eigenvalue weighted by atomic mass is 10.2. The van der Waals surface area contributed by atoms with Gasteiger partial charge in [0.15, 0.2) is 0 Å². The lowest BCUT2D eigenvalue weighted by Gasteiger charge is -2.33. The van der Waals surface area contributed by atoms with Gasteiger partial charge in [0.25, 0.3) is 0 Å². The van der Waals surface area contributed by atoms with Crippen molar-refractivity contribution in [2.24, 2.45) is 0 Å². The highest BCUT2D eigenvalue weighted by molar-refractivity contribution is 5.82. The Balaban J connectivity index is 2.42. The Bertz CT molecular complexity index is 262. The molecule has 0 saturated carbocycles. The quantitative estimate of drug-likeness (QED) is 0.635. The Labute approximate surface area is 95.2 Å². The molecule has 0 bridgehead atoms. The van der Waals surface area contributed by atoms with Crippen molar-refractivity contribution in [2.45, 2.75) is 13.0 Å². The number of amides is 1. The summed E-state index contributed by atoms with van der Waals surface area (Å²) < 4.78 is 0. The number of carboxylic acid groups (broad SMARTS) is 1. The molecule has 0 spiro atoms. The van der Waals surface area contributed by atoms with E-state index in [1.54, 1.807) is 0 Å². The number of carbonyl (C=O) groups excluding carboxylic acids is 1. The van der Waals surface area contributed by atoms with Crippen LogP contribution in [0.15, 0.2) is 0 Å². The largest absolute Gasteiger partial charge is 0.480 e. The fourth-order valence-electron chi connectivity index (χ4n) is 1.72. The van der Waals surface area contributed by atoms with Gasteiger partial charge in [-0.2, -0.15) is 0 Å². The van der Waals surface area contributed by atoms with E-state index in [-0.39, 0.29) is 5.91 Å². The molecule has 6 heteroatoms. The van der Waals surface area contributed by atoms with Gasteiger partial charge in [-0.05, 0) is 7.05 Å². The van der Waals surface area contributed by atoms with Gasteiger partial charge in [-0.25, -0.2) is 4.79 Å². The molecular weight excluding hydrogens is 210 g/mol. The van der Waals surface area contributed by atoms with Crippen LogP contribution in [0, 0.1) is 0 Å². The number of rotatable bonds is 4. The predicted octanol–water partition coefficient (Wildman–Crippen LogP) is -1.18. The molecular formula is C10H19N3O3. The van der Waals surface area contributed by atoms with Crippen molar-refractivity contribution in [3.8, 4) is 0 Å². The third-order valence-corrected chi connectivity index (χ3v) is 2.71. The topological polar surface area (TPSA) is 72.9 Å². The summed E-state index contributed by atoms with van der Waals surface area (Å²) in [6.45, 7) is 5.28. The van der Waals surface area contributed by atoms with Gasteiger partial charge in [-0.3, -0.25) is 9.69 Å². The molecule has 1 amide bonds. The Kier molecular flexibility index (Phi) is 4.70. The predicted molar refractivity (Wildman–Crippen MR) is 59.2 cm³/mol. The van der Waals surface area contributed by atoms with Crippen LogP contribution in [0.4, 0.5) is 0 Å². The molecule has 1 fully saturated rings. The Morgan fingerprint density at radius 2 is 1.88 bits per heavy atom. The third-order valence-electron chi connectivity index (χ3n) is 2.71. The molecule has 1 atom stereocenters. The summed E-state index contributed by atoms with van der Waals surface area (Å²) in [5, 5.41) is 11.4. The van der Waals surface area contributed by atoms with Crippen LogP contribution in [0.5, 0.6) is 0 Å². The Hall–Kier alpha value is -1.14. The highest BCUT2D eigenvalue weighted by atomic mass is 16.4. The van der Waals surface area contributed by atoms with E-state index < -0.39 is 12.0 Å². The van der Waals surface area contributed by atoms with E-state index in [9.17, 15) is 9.59 Å². The molecule has 16 heavy (non-hydrogen) atoms. The van der Waals surface area contributed by atoms with Gasteiger partial charge in [0.2, 0.25) is 5.91 Å². The van der Waals surface area contributed by atoms with E-state index in [0.29, 0.717) is 6.54 Å². The zero-order valence-corrected chi connectivity index (χ0v) is 9.77. The van der Waals surface area contributed by atoms with Gasteiger partial charge in [-0.15, -0.1) is 0 Å². The van der Waals surface area contributed by atoms with E-state index in [1.165, 1.54) is 6.92 Å². The molecule has 1 unspecified atom stereocenters. The summed E-state index contributed by atoms with van der Waals surface area (Å²) in [6, 6.07) is -0.805. The van der Waals surface area contributed by atoms with Gasteiger partial charge in [-0.1, -0.05) is 0 Å². The highest BCUT2D eigenvalue weighted by Crippen LogP contribution is 2.00. The Morgan fingerprint density at radius 1 is 1.31 bits per heavy atom. The lowest BCUT2D eigenvalue weighted by Crippen LogP contribution is -2.52. The summed E-state index contributed by atoms with van der Waals surface area (Å²) in [7, 11) is 2.04. The second-order valence-electron chi connectivity index (χ2n) is 4.20. The first-order valence-corrected chi connectivity index (χ1v) is 5.40. The number of nitrogens with one attached hydrogen (secondary N) is 1. The molecule has 6 nitrogen and oxygen atoms in total. The van der Waals surface area contributed by atoms with Crippen LogP contribution in [0.25, 0.3) is 0 Å². The van der Waals surface area contributed by atoms with Gasteiger partial charge in [0, 0.05) is 39.6 Å². The van der Waals surface area contributed by atoms with Crippen molar-refractivity contribution in [1.29, 1.82) is 0 Å². The summed E-state index contributed by atoms with van der Waals surface area (Å²) in [4.78, 5) is 26.0. The second kappa shape index (κ2) is 5.81. The maximum Gasteiger partial charge on any atom is 0.327 e. The molecule has 1 aliphatic heterocycles. The van der Waals surface area contributed by atoms with Crippen molar-refractivity contribution in [1.82, 2.24) is 15.1 Å². The normalized spacial score (nSPS) is 20.4. The maximum absolute atomic E-state index is 10.9. The van der Waals surface area contributed by atoms with E-state index >= 15 is 0 Å². The van der Waals surface area contributed by atoms with Crippen molar-refractivity contribution in [2.75, 3.05) is 39.8 Å². The number of hydrogen-bond acceptors (Lipinski definition) is 4. The summed E-state index contributed by atoms with van der Waals surface area (Å²) >= 11 is 0. The zero-order valence-electron chi connectivity index (χ0n) is 9.77. The minimum Gasteiger partial charge on any atom is -0.480 e. The first-order valence-electron chi connectivity index (χ1n) is 5.40. The minimum atomic E-state index is -0.978. The summed E-state index contributed by atoms with van der Waals surface area (Å²) in [5.41, 5.74) is 0. The summed E-state index contributed by atoms with van der Waals surface area (Å²) in [6.07, 6.45) is 0. The molecule has 0 aromatic carbocycles. The van der Waals surface area contributed by atoms with Crippen LogP contribution in [-0.2, 0) is 9.59 Å². The molecule has 2 N–H and O–H groups in total. The fourth-order valence-corrected chi connectivity index (χ4v) is 1.72. The van der Waals surface area contributed by atoms with Crippen molar-refractivity contribution < 1.29 is 14.7 Å². The molecule has 1 heterocycles. The van der Waals surface area contributed by atoms with Gasteiger partial charge < -0.3 is 15.3 Å². The highest BCUT2D eigenvalue weighted by Gasteiger charge is 2.23. The number of nitrogens with zero attached hydrogens (tertiary/aromatic N) is 2. The van der Waals surface area contributed by atoms with Crippen molar-refractivity contribution in [3.05, 3.63) is 0 Å². The molecule has 0 radical (unpaired) electrons. The molecule has 1 saturated heterocycles. The summed E-state index contributed by atoms with van der Waals surface area (Å²) in [5.74, 6) is -1.28. The molecule has 92 valence electrons. The fraction of sp³-hybridized carbons (Fsp3) is 0.800. The van der Waals surface area contributed by atoms with Crippen LogP contribution >= 0.6 is 0 Å². The number of carboxylic acids is 1. The molecule has 0 aliphatic carbocycles. The van der Waals surface area contributed by atoms with Gasteiger partial charge in [0.05, 0.1) is 0 Å². The molecule has 0 aromatic rings. The van der Waals surface area contributed by atoms with E-state index in [2.05, 4.69) is 15.1 Å². The average molecular weight is 229 g/mol. The Morgan fingerprint density at radius 3 is 2.31 bits per heavy atom. The van der Waals surface area contributed by atoms with Crippen molar-refractivity contribution >= 4 is 11.9 Å². The van der Waals surface area contributed by atoms with Crippen molar-refractivity contribution in [3.63, 3.8) is 0 Å². The third kappa shape index (κ3) is 4.16. The molecule has 1 rings (SSSR count). The SMILES string of the molecule is CC(=O)NC(CN1CCN(C)CC1)C(=O)O. The first kappa shape index (κ1) is 12.9. The molecule has 1 aliphatic rings. The van der Waals surface area contributed by atoms with Crippen LogP contribution in [0.1, 0.15) is 6.92 Å². The molecule has 0 aromatic heterocycles. The zero-order chi connectivity index (χ0) is 12.1. The first-order chi connectivity index (χ1) is 7.49. The lowest BCUT2D eigenvalue weighted by molar-refractivity contribution is -0.142. The van der Waals surface area contributed by atoms with Crippen LogP contribution in [0.3, 0.4) is 0 Å². The number of aliphatic carboxylic acids is 1. The van der Waals surface area contributed by atoms with E-state index in [1.807, 2.05) is 7.05 Å². The second-order valence-corrected chi connectivity index (χ2v) is 4.20. The van der Waals surface area contributed by atoms with E-state index in [0.717, 1.165) is 26.2 Å². The smallest absolute Gasteiger partial charge is 0.327 e. The van der Waals surface area contributed by atoms with Crippen LogP contribution in [0.2, 0.25) is 0 Å². The van der Waals surface area contributed by atoms with Crippen LogP contribution in [-0.4, -0.2) is 72.6 Å². The maximum atomic E-state index is 10.9. The van der Waals surface area contributed by atoms with Crippen LogP contribution < -0.4 is 5.32 Å². The van der Waals surface area contributed by atoms with E-state index in [4.69, 9.17) is 5.11 Å². The number of likely N-dealkylation sites (N-methyl/N-ethyl adjacent to an activating group) is 1. The number of hydrogen-bond donors (Lipinski definition) is 2. The minimum absolute atomic E-state index is 0.304. The monoisotopic (exact) mass is 229 g/mol.